The van der Waals surface area contributed by atoms with E-state index < -0.39 is 5.82 Å². The Morgan fingerprint density at radius 3 is 2.94 bits per heavy atom. The predicted molar refractivity (Wildman–Crippen MR) is 57.7 cm³/mol. The highest BCUT2D eigenvalue weighted by molar-refractivity contribution is 5.34. The van der Waals surface area contributed by atoms with Gasteiger partial charge in [0.25, 0.3) is 0 Å². The zero-order chi connectivity index (χ0) is 12.3. The fraction of sp³-hybridized carbons (Fsp3) is 0.273. The molecule has 0 fully saturated rings. The van der Waals surface area contributed by atoms with Crippen molar-refractivity contribution in [2.24, 2.45) is 7.05 Å². The molecule has 0 aliphatic rings. The molecular formula is C11H12FN3O2. The number of aryl methyl sites for hydroxylation is 1. The number of ether oxygens (including phenoxy) is 1. The van der Waals surface area contributed by atoms with Crippen LogP contribution in [0, 0.1) is 5.82 Å². The van der Waals surface area contributed by atoms with E-state index in [4.69, 9.17) is 9.84 Å². The van der Waals surface area contributed by atoms with Crippen molar-refractivity contribution in [2.45, 2.75) is 13.2 Å². The van der Waals surface area contributed by atoms with Crippen LogP contribution in [0.15, 0.2) is 24.4 Å². The van der Waals surface area contributed by atoms with Crippen LogP contribution in [0.4, 0.5) is 4.39 Å². The minimum absolute atomic E-state index is 0.0562. The second-order valence-electron chi connectivity index (χ2n) is 3.56. The van der Waals surface area contributed by atoms with Gasteiger partial charge in [0.05, 0.1) is 12.8 Å². The maximum absolute atomic E-state index is 13.5. The van der Waals surface area contributed by atoms with Gasteiger partial charge in [-0.1, -0.05) is 17.3 Å². The van der Waals surface area contributed by atoms with Crippen LogP contribution < -0.4 is 4.74 Å². The van der Waals surface area contributed by atoms with E-state index >= 15 is 0 Å². The summed E-state index contributed by atoms with van der Waals surface area (Å²) in [7, 11) is 1.73. The summed E-state index contributed by atoms with van der Waals surface area (Å²) in [6.07, 6.45) is 1.68. The van der Waals surface area contributed by atoms with E-state index in [1.54, 1.807) is 19.3 Å². The highest BCUT2D eigenvalue weighted by Crippen LogP contribution is 2.23. The Bertz CT molecular complexity index is 513. The van der Waals surface area contributed by atoms with E-state index in [0.29, 0.717) is 11.3 Å². The van der Waals surface area contributed by atoms with Crippen molar-refractivity contribution in [2.75, 3.05) is 0 Å². The third kappa shape index (κ3) is 2.59. The molecule has 1 aromatic carbocycles. The average molecular weight is 237 g/mol. The molecule has 1 heterocycles. The molecule has 0 bridgehead atoms. The number of aliphatic hydroxyl groups excluding tert-OH is 1. The van der Waals surface area contributed by atoms with Crippen molar-refractivity contribution in [3.63, 3.8) is 0 Å². The van der Waals surface area contributed by atoms with Crippen LogP contribution in [-0.4, -0.2) is 20.1 Å². The van der Waals surface area contributed by atoms with Crippen LogP contribution >= 0.6 is 0 Å². The summed E-state index contributed by atoms with van der Waals surface area (Å²) in [4.78, 5) is 0. The lowest BCUT2D eigenvalue weighted by Crippen LogP contribution is -2.01. The van der Waals surface area contributed by atoms with Gasteiger partial charge in [-0.3, -0.25) is 4.68 Å². The fourth-order valence-electron chi connectivity index (χ4n) is 1.45. The molecule has 0 aliphatic carbocycles. The standard InChI is InChI=1S/C11H12FN3O2/c1-15-5-9(13-14-15)7-17-11-8(6-16)3-2-4-10(11)12/h2-5,16H,6-7H2,1H3. The Labute approximate surface area is 97.5 Å². The first-order valence-corrected chi connectivity index (χ1v) is 5.07. The maximum atomic E-state index is 13.5. The molecule has 90 valence electrons. The highest BCUT2D eigenvalue weighted by Gasteiger charge is 2.10. The van der Waals surface area contributed by atoms with Crippen LogP contribution in [0.3, 0.4) is 0 Å². The molecule has 1 N–H and O–H groups in total. The number of hydrogen-bond donors (Lipinski definition) is 1. The summed E-state index contributed by atoms with van der Waals surface area (Å²) in [5.74, 6) is -0.443. The Morgan fingerprint density at radius 2 is 2.29 bits per heavy atom. The van der Waals surface area contributed by atoms with Crippen LogP contribution in [0.5, 0.6) is 5.75 Å². The molecule has 5 nitrogen and oxygen atoms in total. The first kappa shape index (κ1) is 11.5. The van der Waals surface area contributed by atoms with Crippen LogP contribution in [0.1, 0.15) is 11.3 Å². The Kier molecular flexibility index (Phi) is 3.34. The second-order valence-corrected chi connectivity index (χ2v) is 3.56. The summed E-state index contributed by atoms with van der Waals surface area (Å²) < 4.78 is 20.3. The fourth-order valence-corrected chi connectivity index (χ4v) is 1.45. The number of rotatable bonds is 4. The number of para-hydroxylation sites is 1. The van der Waals surface area contributed by atoms with Crippen molar-refractivity contribution in [1.29, 1.82) is 0 Å². The number of halogens is 1. The van der Waals surface area contributed by atoms with Gasteiger partial charge in [-0.25, -0.2) is 4.39 Å². The smallest absolute Gasteiger partial charge is 0.165 e. The van der Waals surface area contributed by atoms with Gasteiger partial charge in [-0.05, 0) is 6.07 Å². The van der Waals surface area contributed by atoms with Crippen molar-refractivity contribution in [3.05, 3.63) is 41.5 Å². The SMILES string of the molecule is Cn1cc(COc2c(F)cccc2CO)nn1. The number of aliphatic hydroxyl groups is 1. The van der Waals surface area contributed by atoms with Crippen molar-refractivity contribution >= 4 is 0 Å². The number of benzene rings is 1. The Morgan fingerprint density at radius 1 is 1.47 bits per heavy atom. The third-order valence-electron chi connectivity index (χ3n) is 2.23. The average Bonchev–Trinajstić information content (AvgIpc) is 2.73. The lowest BCUT2D eigenvalue weighted by molar-refractivity contribution is 0.249. The van der Waals surface area contributed by atoms with Crippen LogP contribution in [0.2, 0.25) is 0 Å². The maximum Gasteiger partial charge on any atom is 0.165 e. The van der Waals surface area contributed by atoms with Gasteiger partial charge < -0.3 is 9.84 Å². The highest BCUT2D eigenvalue weighted by atomic mass is 19.1. The molecule has 0 atom stereocenters. The molecule has 0 saturated heterocycles. The van der Waals surface area contributed by atoms with E-state index in [1.165, 1.54) is 16.8 Å². The Balaban J connectivity index is 2.13. The molecule has 1 aromatic heterocycles. The zero-order valence-electron chi connectivity index (χ0n) is 9.30. The summed E-state index contributed by atoms with van der Waals surface area (Å²) >= 11 is 0. The minimum atomic E-state index is -0.500. The first-order chi connectivity index (χ1) is 8.20. The van der Waals surface area contributed by atoms with Crippen LogP contribution in [-0.2, 0) is 20.3 Å². The predicted octanol–water partition coefficient (Wildman–Crippen LogP) is 1.03. The van der Waals surface area contributed by atoms with Gasteiger partial charge >= 0.3 is 0 Å². The number of aromatic nitrogens is 3. The van der Waals surface area contributed by atoms with Gasteiger partial charge in [-0.2, -0.15) is 0 Å². The minimum Gasteiger partial charge on any atom is -0.484 e. The molecule has 0 spiro atoms. The normalized spacial score (nSPS) is 10.5. The topological polar surface area (TPSA) is 60.2 Å². The largest absolute Gasteiger partial charge is 0.484 e. The van der Waals surface area contributed by atoms with Gasteiger partial charge in [0.1, 0.15) is 12.3 Å². The van der Waals surface area contributed by atoms with E-state index in [2.05, 4.69) is 10.3 Å². The van der Waals surface area contributed by atoms with Gasteiger partial charge in [0.15, 0.2) is 11.6 Å². The number of nitrogens with zero attached hydrogens (tertiary/aromatic N) is 3. The van der Waals surface area contributed by atoms with E-state index in [1.807, 2.05) is 0 Å². The molecule has 2 rings (SSSR count). The third-order valence-corrected chi connectivity index (χ3v) is 2.23. The van der Waals surface area contributed by atoms with E-state index in [0.717, 1.165) is 0 Å². The lowest BCUT2D eigenvalue weighted by atomic mass is 10.2. The Hall–Kier alpha value is -1.95. The first-order valence-electron chi connectivity index (χ1n) is 5.07. The molecule has 0 amide bonds. The van der Waals surface area contributed by atoms with Gasteiger partial charge in [0.2, 0.25) is 0 Å². The van der Waals surface area contributed by atoms with Gasteiger partial charge in [0, 0.05) is 12.6 Å². The molecule has 0 aliphatic heterocycles. The van der Waals surface area contributed by atoms with Crippen molar-refractivity contribution < 1.29 is 14.2 Å². The summed E-state index contributed by atoms with van der Waals surface area (Å²) in [6.45, 7) is -0.157. The number of hydrogen-bond acceptors (Lipinski definition) is 4. The zero-order valence-corrected chi connectivity index (χ0v) is 9.30. The van der Waals surface area contributed by atoms with Gasteiger partial charge in [-0.15, -0.1) is 5.10 Å². The molecule has 17 heavy (non-hydrogen) atoms. The molecule has 6 heteroatoms. The quantitative estimate of drug-likeness (QED) is 0.862. The summed E-state index contributed by atoms with van der Waals surface area (Å²) in [5, 5.41) is 16.6. The monoisotopic (exact) mass is 237 g/mol. The second kappa shape index (κ2) is 4.92. The lowest BCUT2D eigenvalue weighted by Gasteiger charge is -2.09. The summed E-state index contributed by atoms with van der Waals surface area (Å²) in [6, 6.07) is 4.41. The van der Waals surface area contributed by atoms with Crippen molar-refractivity contribution in [1.82, 2.24) is 15.0 Å². The van der Waals surface area contributed by atoms with E-state index in [9.17, 15) is 4.39 Å². The van der Waals surface area contributed by atoms with Crippen LogP contribution in [0.25, 0.3) is 0 Å². The van der Waals surface area contributed by atoms with Crippen molar-refractivity contribution in [3.8, 4) is 5.75 Å². The van der Waals surface area contributed by atoms with E-state index in [-0.39, 0.29) is 19.0 Å². The molecule has 0 saturated carbocycles. The molecule has 0 unspecified atom stereocenters. The molecule has 0 radical (unpaired) electrons. The molecular weight excluding hydrogens is 225 g/mol. The summed E-state index contributed by atoms with van der Waals surface area (Å²) in [5.41, 5.74) is 1.01. The molecule has 2 aromatic rings.